The lowest BCUT2D eigenvalue weighted by Crippen LogP contribution is -2.42. The molecule has 0 aliphatic carbocycles. The Bertz CT molecular complexity index is 1170. The van der Waals surface area contributed by atoms with Gasteiger partial charge in [0.25, 0.3) is 11.8 Å². The number of hydrogen-bond acceptors (Lipinski definition) is 5. The van der Waals surface area contributed by atoms with Gasteiger partial charge in [0, 0.05) is 11.9 Å². The normalized spacial score (nSPS) is 13.0. The number of nitrogens with one attached hydrogen (secondary N) is 4. The van der Waals surface area contributed by atoms with Crippen molar-refractivity contribution in [2.45, 2.75) is 12.1 Å². The maximum atomic E-state index is 12.8. The molecule has 9 heteroatoms. The molecule has 2 aromatic heterocycles. The Morgan fingerprint density at radius 2 is 1.87 bits per heavy atom. The number of nitrogens with two attached hydrogens (primary N) is 1. The topological polar surface area (TPSA) is 149 Å². The van der Waals surface area contributed by atoms with Crippen molar-refractivity contribution >= 4 is 34.5 Å². The number of nitrogens with zero attached hydrogens (tertiary/aromatic N) is 1. The predicted molar refractivity (Wildman–Crippen MR) is 113 cm³/mol. The summed E-state index contributed by atoms with van der Waals surface area (Å²) in [4.78, 5) is 35.1. The molecule has 0 saturated heterocycles. The number of nitrogen functional groups attached to an aromatic ring is 1. The summed E-state index contributed by atoms with van der Waals surface area (Å²) >= 11 is 0. The van der Waals surface area contributed by atoms with Crippen LogP contribution in [0.2, 0.25) is 0 Å². The molecule has 0 fully saturated rings. The number of aromatic nitrogens is 3. The molecule has 0 aliphatic heterocycles. The highest BCUT2D eigenvalue weighted by atomic mass is 16.3. The molecule has 2 atom stereocenters. The maximum absolute atomic E-state index is 12.8. The van der Waals surface area contributed by atoms with Crippen molar-refractivity contribution in [2.24, 2.45) is 0 Å². The fourth-order valence-electron chi connectivity index (χ4n) is 3.17. The molecular weight excluding hydrogens is 384 g/mol. The van der Waals surface area contributed by atoms with Gasteiger partial charge in [0.15, 0.2) is 12.1 Å². The van der Waals surface area contributed by atoms with Gasteiger partial charge in [0.2, 0.25) is 0 Å². The van der Waals surface area contributed by atoms with Crippen molar-refractivity contribution in [1.29, 1.82) is 0 Å². The van der Waals surface area contributed by atoms with Crippen molar-refractivity contribution in [2.75, 3.05) is 11.1 Å². The van der Waals surface area contributed by atoms with Crippen LogP contribution in [-0.2, 0) is 4.79 Å². The van der Waals surface area contributed by atoms with Crippen molar-refractivity contribution in [3.05, 3.63) is 78.1 Å². The minimum atomic E-state index is -1.53. The molecule has 0 saturated carbocycles. The summed E-state index contributed by atoms with van der Waals surface area (Å²) in [7, 11) is 0. The minimum absolute atomic E-state index is 0.268. The zero-order valence-electron chi connectivity index (χ0n) is 15.8. The largest absolute Gasteiger partial charge is 0.381 e. The molecule has 0 unspecified atom stereocenters. The molecule has 0 bridgehead atoms. The van der Waals surface area contributed by atoms with Crippen LogP contribution in [-0.4, -0.2) is 38.0 Å². The van der Waals surface area contributed by atoms with E-state index in [1.54, 1.807) is 60.8 Å². The molecule has 0 radical (unpaired) electrons. The first kappa shape index (κ1) is 19.2. The molecular formula is C21H20N6O3. The van der Waals surface area contributed by atoms with Crippen molar-refractivity contribution in [3.63, 3.8) is 0 Å². The van der Waals surface area contributed by atoms with Gasteiger partial charge in [0.05, 0.1) is 17.1 Å². The van der Waals surface area contributed by atoms with E-state index in [4.69, 9.17) is 5.73 Å². The molecule has 4 aromatic rings. The Kier molecular flexibility index (Phi) is 5.19. The zero-order chi connectivity index (χ0) is 21.1. The van der Waals surface area contributed by atoms with Crippen LogP contribution in [0.25, 0.3) is 11.0 Å². The average Bonchev–Trinajstić information content (AvgIpc) is 3.40. The summed E-state index contributed by atoms with van der Waals surface area (Å²) in [6, 6.07) is 16.2. The Balaban J connectivity index is 1.55. The van der Waals surface area contributed by atoms with Crippen molar-refractivity contribution in [1.82, 2.24) is 20.3 Å². The van der Waals surface area contributed by atoms with Crippen LogP contribution < -0.4 is 16.4 Å². The monoisotopic (exact) mass is 404 g/mol. The molecule has 2 amide bonds. The summed E-state index contributed by atoms with van der Waals surface area (Å²) < 4.78 is 0. The van der Waals surface area contributed by atoms with Gasteiger partial charge in [-0.05, 0) is 35.9 Å². The molecule has 30 heavy (non-hydrogen) atoms. The Morgan fingerprint density at radius 1 is 1.07 bits per heavy atom. The first-order valence-corrected chi connectivity index (χ1v) is 9.24. The van der Waals surface area contributed by atoms with E-state index < -0.39 is 24.0 Å². The number of fused-ring (bicyclic) bond motifs is 1. The molecule has 0 spiro atoms. The third-order valence-electron chi connectivity index (χ3n) is 4.64. The van der Waals surface area contributed by atoms with Crippen LogP contribution in [0, 0.1) is 0 Å². The lowest BCUT2D eigenvalue weighted by Gasteiger charge is -2.24. The van der Waals surface area contributed by atoms with Gasteiger partial charge >= 0.3 is 0 Å². The van der Waals surface area contributed by atoms with Crippen molar-refractivity contribution in [3.8, 4) is 0 Å². The zero-order valence-corrected chi connectivity index (χ0v) is 15.8. The molecule has 7 N–H and O–H groups in total. The number of aliphatic hydroxyl groups is 1. The smallest absolute Gasteiger partial charge is 0.268 e. The van der Waals surface area contributed by atoms with Crippen LogP contribution in [0.1, 0.15) is 22.1 Å². The Labute approximate surface area is 171 Å². The molecule has 4 rings (SSSR count). The second-order valence-electron chi connectivity index (χ2n) is 6.73. The van der Waals surface area contributed by atoms with E-state index in [1.807, 2.05) is 6.07 Å². The molecule has 2 aromatic carbocycles. The Hall–Kier alpha value is -4.11. The van der Waals surface area contributed by atoms with Gasteiger partial charge in [-0.15, -0.1) is 0 Å². The Morgan fingerprint density at radius 3 is 2.60 bits per heavy atom. The number of rotatable bonds is 6. The number of hydrogen-bond donors (Lipinski definition) is 6. The number of aliphatic hydroxyl groups excluding tert-OH is 1. The first-order chi connectivity index (χ1) is 14.5. The van der Waals surface area contributed by atoms with E-state index in [2.05, 4.69) is 25.6 Å². The third kappa shape index (κ3) is 4.01. The highest BCUT2D eigenvalue weighted by Gasteiger charge is 2.29. The molecule has 9 nitrogen and oxygen atoms in total. The van der Waals surface area contributed by atoms with E-state index in [0.29, 0.717) is 28.0 Å². The van der Waals surface area contributed by atoms with Crippen molar-refractivity contribution < 1.29 is 14.7 Å². The van der Waals surface area contributed by atoms with Crippen LogP contribution in [0.15, 0.2) is 66.9 Å². The third-order valence-corrected chi connectivity index (χ3v) is 4.64. The van der Waals surface area contributed by atoms with E-state index >= 15 is 0 Å². The van der Waals surface area contributed by atoms with E-state index in [1.165, 1.54) is 0 Å². The predicted octanol–water partition coefficient (Wildman–Crippen LogP) is 1.94. The highest BCUT2D eigenvalue weighted by molar-refractivity contribution is 5.98. The standard InChI is InChI=1S/C21H20N6O3/c22-21-25-14-9-8-13(11-16(14)26-21)24-20(30)18(28)17(12-5-2-1-3-6-12)27-19(29)15-7-4-10-23-15/h1-11,17-18,23,28H,(H,24,30)(H,27,29)(H3,22,25,26)/t17-,18+/m0/s1. The van der Waals surface area contributed by atoms with Gasteiger partial charge in [-0.3, -0.25) is 9.59 Å². The van der Waals surface area contributed by atoms with Gasteiger partial charge in [-0.25, -0.2) is 4.98 Å². The summed E-state index contributed by atoms with van der Waals surface area (Å²) in [6.07, 6.45) is 0.0855. The fraction of sp³-hybridized carbons (Fsp3) is 0.0952. The number of carbonyl (C=O) groups is 2. The van der Waals surface area contributed by atoms with Gasteiger partial charge < -0.3 is 31.4 Å². The summed E-state index contributed by atoms with van der Waals surface area (Å²) in [5.41, 5.74) is 8.33. The van der Waals surface area contributed by atoms with Crippen LogP contribution in [0.4, 0.5) is 11.6 Å². The highest BCUT2D eigenvalue weighted by Crippen LogP contribution is 2.21. The number of carbonyl (C=O) groups excluding carboxylic acids is 2. The second-order valence-corrected chi connectivity index (χ2v) is 6.73. The minimum Gasteiger partial charge on any atom is -0.381 e. The van der Waals surface area contributed by atoms with Gasteiger partial charge in [0.1, 0.15) is 5.69 Å². The first-order valence-electron chi connectivity index (χ1n) is 9.24. The lowest BCUT2D eigenvalue weighted by molar-refractivity contribution is -0.125. The lowest BCUT2D eigenvalue weighted by atomic mass is 10.0. The van der Waals surface area contributed by atoms with Crippen LogP contribution >= 0.6 is 0 Å². The summed E-state index contributed by atoms with van der Waals surface area (Å²) in [5, 5.41) is 16.2. The molecule has 152 valence electrons. The summed E-state index contributed by atoms with van der Waals surface area (Å²) in [6.45, 7) is 0. The van der Waals surface area contributed by atoms with Crippen LogP contribution in [0.5, 0.6) is 0 Å². The SMILES string of the molecule is Nc1nc2ccc(NC(=O)[C@H](O)[C@@H](NC(=O)c3ccc[nH]3)c3ccccc3)cc2[nH]1. The number of H-pyrrole nitrogens is 2. The molecule has 2 heterocycles. The number of anilines is 2. The average molecular weight is 404 g/mol. The maximum Gasteiger partial charge on any atom is 0.268 e. The van der Waals surface area contributed by atoms with E-state index in [9.17, 15) is 14.7 Å². The second kappa shape index (κ2) is 8.10. The fourth-order valence-corrected chi connectivity index (χ4v) is 3.17. The number of benzene rings is 2. The molecule has 0 aliphatic rings. The van der Waals surface area contributed by atoms with Crippen LogP contribution in [0.3, 0.4) is 0 Å². The van der Waals surface area contributed by atoms with E-state index in [0.717, 1.165) is 0 Å². The summed E-state index contributed by atoms with van der Waals surface area (Å²) in [5.74, 6) is -0.831. The number of amides is 2. The quantitative estimate of drug-likeness (QED) is 0.290. The number of aromatic amines is 2. The van der Waals surface area contributed by atoms with E-state index in [-0.39, 0.29) is 5.95 Å². The van der Waals surface area contributed by atoms with Gasteiger partial charge in [-0.2, -0.15) is 0 Å². The number of imidazole rings is 1. The van der Waals surface area contributed by atoms with Gasteiger partial charge in [-0.1, -0.05) is 30.3 Å².